The standard InChI is InChI=1S/C22H25BrN4O3/c1-13(2)19(10-28)24-9-16-11-29-20-8-18-17(7-21(20)30-16)22(26-12-25-18)27-15-5-3-4-14(23)6-15/h3-8,12-13,16,19,24,28H,9-11H2,1-2H3,(H,25,26,27)/t16?,19-/m0/s1. The van der Waals surface area contributed by atoms with Gasteiger partial charge in [0, 0.05) is 34.2 Å². The Hall–Kier alpha value is -2.42. The van der Waals surface area contributed by atoms with Crippen LogP contribution in [0.3, 0.4) is 0 Å². The van der Waals surface area contributed by atoms with Gasteiger partial charge in [-0.3, -0.25) is 0 Å². The molecule has 3 N–H and O–H groups in total. The summed E-state index contributed by atoms with van der Waals surface area (Å²) in [5, 5.41) is 17.1. The number of aliphatic hydroxyl groups is 1. The van der Waals surface area contributed by atoms with Crippen LogP contribution in [0.2, 0.25) is 0 Å². The first kappa shape index (κ1) is 20.8. The van der Waals surface area contributed by atoms with E-state index >= 15 is 0 Å². The lowest BCUT2D eigenvalue weighted by atomic mass is 10.1. The number of nitrogens with one attached hydrogen (secondary N) is 2. The molecular weight excluding hydrogens is 448 g/mol. The lowest BCUT2D eigenvalue weighted by molar-refractivity contribution is 0.0831. The van der Waals surface area contributed by atoms with Gasteiger partial charge >= 0.3 is 0 Å². The molecule has 1 aliphatic heterocycles. The molecule has 1 unspecified atom stereocenters. The van der Waals surface area contributed by atoms with Gasteiger partial charge in [0.1, 0.15) is 24.9 Å². The molecule has 0 saturated carbocycles. The number of hydrogen-bond acceptors (Lipinski definition) is 7. The Morgan fingerprint density at radius 2 is 2.07 bits per heavy atom. The monoisotopic (exact) mass is 472 g/mol. The average Bonchev–Trinajstić information content (AvgIpc) is 2.73. The molecule has 0 spiro atoms. The topological polar surface area (TPSA) is 88.5 Å². The van der Waals surface area contributed by atoms with Gasteiger partial charge in [-0.1, -0.05) is 35.8 Å². The molecule has 2 heterocycles. The van der Waals surface area contributed by atoms with Crippen molar-refractivity contribution in [3.05, 3.63) is 47.2 Å². The minimum Gasteiger partial charge on any atom is -0.486 e. The molecule has 2 aromatic carbocycles. The van der Waals surface area contributed by atoms with E-state index in [1.807, 2.05) is 36.4 Å². The van der Waals surface area contributed by atoms with Crippen molar-refractivity contribution in [2.45, 2.75) is 26.0 Å². The van der Waals surface area contributed by atoms with Crippen LogP contribution in [0.5, 0.6) is 11.5 Å². The zero-order valence-electron chi connectivity index (χ0n) is 16.9. The maximum absolute atomic E-state index is 9.51. The molecule has 0 fully saturated rings. The summed E-state index contributed by atoms with van der Waals surface area (Å²) in [6.45, 7) is 5.28. The number of anilines is 2. The van der Waals surface area contributed by atoms with Gasteiger partial charge in [0.2, 0.25) is 0 Å². The maximum atomic E-state index is 9.51. The predicted molar refractivity (Wildman–Crippen MR) is 121 cm³/mol. The Morgan fingerprint density at radius 1 is 1.20 bits per heavy atom. The van der Waals surface area contributed by atoms with Crippen LogP contribution in [0.15, 0.2) is 47.2 Å². The second-order valence-corrected chi connectivity index (χ2v) is 8.58. The largest absolute Gasteiger partial charge is 0.486 e. The zero-order valence-corrected chi connectivity index (χ0v) is 18.5. The van der Waals surface area contributed by atoms with E-state index in [-0.39, 0.29) is 18.8 Å². The molecule has 1 aromatic heterocycles. The normalized spacial score (nSPS) is 16.6. The molecule has 7 nitrogen and oxygen atoms in total. The van der Waals surface area contributed by atoms with E-state index in [1.165, 1.54) is 6.33 Å². The van der Waals surface area contributed by atoms with Gasteiger partial charge in [-0.05, 0) is 30.2 Å². The Labute approximate surface area is 184 Å². The summed E-state index contributed by atoms with van der Waals surface area (Å²) >= 11 is 3.49. The summed E-state index contributed by atoms with van der Waals surface area (Å²) in [5.74, 6) is 2.37. The summed E-state index contributed by atoms with van der Waals surface area (Å²) in [6.07, 6.45) is 1.39. The molecule has 4 rings (SSSR count). The maximum Gasteiger partial charge on any atom is 0.163 e. The van der Waals surface area contributed by atoms with Crippen molar-refractivity contribution in [1.29, 1.82) is 0 Å². The molecule has 0 aliphatic carbocycles. The SMILES string of the molecule is CC(C)[C@H](CO)NCC1COc2cc3ncnc(Nc4cccc(Br)c4)c3cc2O1. The number of aliphatic hydroxyl groups excluding tert-OH is 1. The first-order valence-electron chi connectivity index (χ1n) is 9.98. The highest BCUT2D eigenvalue weighted by Gasteiger charge is 2.24. The summed E-state index contributed by atoms with van der Waals surface area (Å²) in [6, 6.07) is 11.7. The van der Waals surface area contributed by atoms with Crippen LogP contribution in [0, 0.1) is 5.92 Å². The molecule has 30 heavy (non-hydrogen) atoms. The van der Waals surface area contributed by atoms with Gasteiger partial charge in [0.15, 0.2) is 11.5 Å². The molecule has 1 aliphatic rings. The van der Waals surface area contributed by atoms with Crippen molar-refractivity contribution >= 4 is 38.3 Å². The Bertz CT molecular complexity index is 1030. The van der Waals surface area contributed by atoms with Gasteiger partial charge in [-0.2, -0.15) is 0 Å². The fraction of sp³-hybridized carbons (Fsp3) is 0.364. The molecular formula is C22H25BrN4O3. The van der Waals surface area contributed by atoms with Gasteiger partial charge in [0.25, 0.3) is 0 Å². The summed E-state index contributed by atoms with van der Waals surface area (Å²) in [4.78, 5) is 8.80. The van der Waals surface area contributed by atoms with Crippen LogP contribution in [-0.2, 0) is 0 Å². The van der Waals surface area contributed by atoms with Crippen LogP contribution in [0.1, 0.15) is 13.8 Å². The van der Waals surface area contributed by atoms with Crippen LogP contribution < -0.4 is 20.1 Å². The molecule has 0 amide bonds. The van der Waals surface area contributed by atoms with Gasteiger partial charge in [-0.25, -0.2) is 9.97 Å². The smallest absolute Gasteiger partial charge is 0.163 e. The number of rotatable bonds is 7. The van der Waals surface area contributed by atoms with Crippen LogP contribution in [0.4, 0.5) is 11.5 Å². The van der Waals surface area contributed by atoms with E-state index < -0.39 is 0 Å². The lowest BCUT2D eigenvalue weighted by Gasteiger charge is -2.29. The van der Waals surface area contributed by atoms with Crippen LogP contribution in [0.25, 0.3) is 10.9 Å². The van der Waals surface area contributed by atoms with E-state index in [2.05, 4.69) is 50.4 Å². The molecule has 158 valence electrons. The van der Waals surface area contributed by atoms with E-state index in [1.54, 1.807) is 0 Å². The van der Waals surface area contributed by atoms with E-state index in [0.29, 0.717) is 36.4 Å². The van der Waals surface area contributed by atoms with Crippen molar-refractivity contribution in [3.63, 3.8) is 0 Å². The first-order chi connectivity index (χ1) is 14.5. The number of aromatic nitrogens is 2. The highest BCUT2D eigenvalue weighted by molar-refractivity contribution is 9.10. The minimum absolute atomic E-state index is 0.0287. The van der Waals surface area contributed by atoms with Gasteiger partial charge < -0.3 is 25.2 Å². The first-order valence-corrected chi connectivity index (χ1v) is 10.8. The molecule has 8 heteroatoms. The summed E-state index contributed by atoms with van der Waals surface area (Å²) in [7, 11) is 0. The number of fused-ring (bicyclic) bond motifs is 2. The minimum atomic E-state index is -0.145. The number of ether oxygens (including phenoxy) is 2. The Kier molecular flexibility index (Phi) is 6.36. The summed E-state index contributed by atoms with van der Waals surface area (Å²) in [5.41, 5.74) is 1.70. The van der Waals surface area contributed by atoms with Crippen LogP contribution >= 0.6 is 15.9 Å². The fourth-order valence-corrected chi connectivity index (χ4v) is 3.76. The zero-order chi connectivity index (χ0) is 21.1. The average molecular weight is 473 g/mol. The summed E-state index contributed by atoms with van der Waals surface area (Å²) < 4.78 is 13.1. The van der Waals surface area contributed by atoms with Crippen LogP contribution in [-0.4, -0.2) is 47.0 Å². The number of nitrogens with zero attached hydrogens (tertiary/aromatic N) is 2. The second kappa shape index (κ2) is 9.16. The quantitative estimate of drug-likeness (QED) is 0.480. The van der Waals surface area contributed by atoms with E-state index in [0.717, 1.165) is 21.1 Å². The highest BCUT2D eigenvalue weighted by Crippen LogP contribution is 2.37. The van der Waals surface area contributed by atoms with Crippen molar-refractivity contribution in [2.24, 2.45) is 5.92 Å². The molecule has 0 saturated heterocycles. The molecule has 0 bridgehead atoms. The molecule has 0 radical (unpaired) electrons. The number of benzene rings is 2. The number of hydrogen-bond donors (Lipinski definition) is 3. The highest BCUT2D eigenvalue weighted by atomic mass is 79.9. The molecule has 2 atom stereocenters. The van der Waals surface area contributed by atoms with Crippen molar-refractivity contribution in [2.75, 3.05) is 25.1 Å². The predicted octanol–water partition coefficient (Wildman–Crippen LogP) is 3.88. The Balaban J connectivity index is 1.56. The third-order valence-electron chi connectivity index (χ3n) is 5.12. The third-order valence-corrected chi connectivity index (χ3v) is 5.61. The van der Waals surface area contributed by atoms with Crippen molar-refractivity contribution < 1.29 is 14.6 Å². The Morgan fingerprint density at radius 3 is 2.83 bits per heavy atom. The van der Waals surface area contributed by atoms with Gasteiger partial charge in [0.05, 0.1) is 12.1 Å². The second-order valence-electron chi connectivity index (χ2n) is 7.67. The van der Waals surface area contributed by atoms with Crippen molar-refractivity contribution in [1.82, 2.24) is 15.3 Å². The van der Waals surface area contributed by atoms with Gasteiger partial charge in [-0.15, -0.1) is 0 Å². The lowest BCUT2D eigenvalue weighted by Crippen LogP contribution is -2.45. The van der Waals surface area contributed by atoms with E-state index in [4.69, 9.17) is 9.47 Å². The van der Waals surface area contributed by atoms with Crippen molar-refractivity contribution in [3.8, 4) is 11.5 Å². The number of halogens is 1. The third kappa shape index (κ3) is 4.66. The molecule has 3 aromatic rings. The fourth-order valence-electron chi connectivity index (χ4n) is 3.36. The van der Waals surface area contributed by atoms with E-state index in [9.17, 15) is 5.11 Å².